The molecule has 0 amide bonds. The minimum Gasteiger partial charge on any atom is -0.496 e. The van der Waals surface area contributed by atoms with E-state index in [2.05, 4.69) is 10.6 Å². The number of hydrogen-bond donors (Lipinski definition) is 2. The molecule has 0 radical (unpaired) electrons. The quantitative estimate of drug-likeness (QED) is 0.184. The number of anilines is 4. The number of benzene rings is 4. The monoisotopic (exact) mass is 532 g/mol. The van der Waals surface area contributed by atoms with Crippen LogP contribution in [0.2, 0.25) is 0 Å². The molecular weight excluding hydrogens is 499 g/mol. The molecule has 0 atom stereocenters. The van der Waals surface area contributed by atoms with Crippen LogP contribution in [0.15, 0.2) is 72.8 Å². The van der Waals surface area contributed by atoms with Crippen molar-refractivity contribution in [3.63, 3.8) is 0 Å². The van der Waals surface area contributed by atoms with Gasteiger partial charge in [-0.05, 0) is 61.4 Å². The third-order valence-electron chi connectivity index (χ3n) is 6.15. The minimum absolute atomic E-state index is 0.241. The van der Waals surface area contributed by atoms with Crippen LogP contribution in [0.3, 0.4) is 0 Å². The van der Waals surface area contributed by atoms with Gasteiger partial charge in [-0.15, -0.1) is 0 Å². The third-order valence-corrected chi connectivity index (χ3v) is 6.15. The summed E-state index contributed by atoms with van der Waals surface area (Å²) < 4.78 is 42.3. The highest BCUT2D eigenvalue weighted by Gasteiger charge is 2.17. The van der Waals surface area contributed by atoms with Gasteiger partial charge in [-0.1, -0.05) is 24.3 Å². The fourth-order valence-electron chi connectivity index (χ4n) is 4.12. The van der Waals surface area contributed by atoms with Gasteiger partial charge in [-0.3, -0.25) is 0 Å². The van der Waals surface area contributed by atoms with E-state index in [0.29, 0.717) is 45.8 Å². The average Bonchev–Trinajstić information content (AvgIpc) is 2.95. The lowest BCUT2D eigenvalue weighted by Gasteiger charge is -2.20. The minimum atomic E-state index is -0.310. The Morgan fingerprint density at radius 2 is 1.15 bits per heavy atom. The van der Waals surface area contributed by atoms with Gasteiger partial charge in [0.1, 0.15) is 59.2 Å². The summed E-state index contributed by atoms with van der Waals surface area (Å²) in [5, 5.41) is 6.75. The first kappa shape index (κ1) is 27.4. The summed E-state index contributed by atoms with van der Waals surface area (Å²) in [6, 6.07) is 21.3. The van der Waals surface area contributed by atoms with E-state index in [1.54, 1.807) is 33.5 Å². The van der Waals surface area contributed by atoms with Crippen LogP contribution in [0.1, 0.15) is 11.1 Å². The van der Waals surface area contributed by atoms with Gasteiger partial charge in [0, 0.05) is 23.5 Å². The number of halogens is 1. The Kier molecular flexibility index (Phi) is 8.99. The highest BCUT2D eigenvalue weighted by atomic mass is 19.1. The summed E-state index contributed by atoms with van der Waals surface area (Å²) in [5.41, 5.74) is 5.20. The Hall–Kier alpha value is -4.59. The molecule has 0 saturated heterocycles. The van der Waals surface area contributed by atoms with E-state index in [-0.39, 0.29) is 19.0 Å². The molecule has 0 unspecified atom stereocenters. The Labute approximate surface area is 228 Å². The standard InChI is InChI=1S/C31H33FN2O5/c1-20-8-6-9-21(2)29(20)34-31-27(37-5)18-24(35-3)19-28(31)39-17-16-38-26-11-7-10-25(36-4)30(26)33-23-14-12-22(32)13-15-23/h6-15,18-19,33-34H,16-17H2,1-5H3. The number of methoxy groups -OCH3 is 3. The predicted molar refractivity (Wildman–Crippen MR) is 152 cm³/mol. The van der Waals surface area contributed by atoms with Crippen LogP contribution in [-0.4, -0.2) is 34.5 Å². The number of aryl methyl sites for hydroxylation is 2. The average molecular weight is 533 g/mol. The second kappa shape index (κ2) is 12.8. The van der Waals surface area contributed by atoms with Crippen LogP contribution in [0.25, 0.3) is 0 Å². The lowest BCUT2D eigenvalue weighted by atomic mass is 10.1. The van der Waals surface area contributed by atoms with E-state index in [0.717, 1.165) is 16.8 Å². The molecule has 8 heteroatoms. The fourth-order valence-corrected chi connectivity index (χ4v) is 4.12. The van der Waals surface area contributed by atoms with Crippen molar-refractivity contribution in [1.29, 1.82) is 0 Å². The largest absolute Gasteiger partial charge is 0.496 e. The lowest BCUT2D eigenvalue weighted by Crippen LogP contribution is -2.11. The topological polar surface area (TPSA) is 70.2 Å². The number of para-hydroxylation sites is 2. The van der Waals surface area contributed by atoms with E-state index in [9.17, 15) is 4.39 Å². The SMILES string of the molecule is COc1cc(OC)c(Nc2c(C)cccc2C)c(OCCOc2cccc(OC)c2Nc2ccc(F)cc2)c1. The number of hydrogen-bond acceptors (Lipinski definition) is 7. The van der Waals surface area contributed by atoms with Crippen LogP contribution in [-0.2, 0) is 0 Å². The Morgan fingerprint density at radius 1 is 0.590 bits per heavy atom. The second-order valence-corrected chi connectivity index (χ2v) is 8.76. The molecule has 0 saturated carbocycles. The normalized spacial score (nSPS) is 10.5. The highest BCUT2D eigenvalue weighted by Crippen LogP contribution is 2.42. The molecule has 0 spiro atoms. The number of ether oxygens (including phenoxy) is 5. The van der Waals surface area contributed by atoms with Gasteiger partial charge >= 0.3 is 0 Å². The fraction of sp³-hybridized carbons (Fsp3) is 0.226. The number of rotatable bonds is 12. The van der Waals surface area contributed by atoms with Gasteiger partial charge in [0.25, 0.3) is 0 Å². The van der Waals surface area contributed by atoms with Crippen molar-refractivity contribution < 1.29 is 28.1 Å². The first-order valence-corrected chi connectivity index (χ1v) is 12.5. The first-order valence-electron chi connectivity index (χ1n) is 12.5. The van der Waals surface area contributed by atoms with Crippen molar-refractivity contribution in [3.05, 3.63) is 89.7 Å². The van der Waals surface area contributed by atoms with Crippen molar-refractivity contribution in [2.45, 2.75) is 13.8 Å². The van der Waals surface area contributed by atoms with Gasteiger partial charge in [0.2, 0.25) is 0 Å². The van der Waals surface area contributed by atoms with Crippen molar-refractivity contribution in [3.8, 4) is 28.7 Å². The number of nitrogens with one attached hydrogen (secondary N) is 2. The van der Waals surface area contributed by atoms with E-state index in [1.165, 1.54) is 12.1 Å². The zero-order chi connectivity index (χ0) is 27.8. The first-order chi connectivity index (χ1) is 18.9. The molecule has 204 valence electrons. The smallest absolute Gasteiger partial charge is 0.150 e. The van der Waals surface area contributed by atoms with Crippen molar-refractivity contribution in [2.75, 3.05) is 45.2 Å². The molecule has 0 fully saturated rings. The van der Waals surface area contributed by atoms with Crippen LogP contribution < -0.4 is 34.3 Å². The van der Waals surface area contributed by atoms with Gasteiger partial charge in [-0.2, -0.15) is 0 Å². The van der Waals surface area contributed by atoms with Crippen molar-refractivity contribution in [1.82, 2.24) is 0 Å². The van der Waals surface area contributed by atoms with Gasteiger partial charge in [0.05, 0.1) is 21.3 Å². The zero-order valence-corrected chi connectivity index (χ0v) is 22.8. The molecular formula is C31H33FN2O5. The molecule has 4 aromatic carbocycles. The summed E-state index contributed by atoms with van der Waals surface area (Å²) in [5.74, 6) is 2.61. The molecule has 0 aliphatic heterocycles. The molecule has 2 N–H and O–H groups in total. The Bertz CT molecular complexity index is 1390. The molecule has 0 aliphatic carbocycles. The Morgan fingerprint density at radius 3 is 1.79 bits per heavy atom. The van der Waals surface area contributed by atoms with Crippen LogP contribution in [0.4, 0.5) is 27.1 Å². The molecule has 4 rings (SSSR count). The van der Waals surface area contributed by atoms with Gasteiger partial charge in [-0.25, -0.2) is 4.39 Å². The maximum Gasteiger partial charge on any atom is 0.150 e. The maximum absolute atomic E-state index is 13.4. The van der Waals surface area contributed by atoms with Gasteiger partial charge in [0.15, 0.2) is 0 Å². The summed E-state index contributed by atoms with van der Waals surface area (Å²) in [6.45, 7) is 4.58. The maximum atomic E-state index is 13.4. The van der Waals surface area contributed by atoms with Crippen molar-refractivity contribution in [2.24, 2.45) is 0 Å². The molecule has 7 nitrogen and oxygen atoms in total. The van der Waals surface area contributed by atoms with Crippen molar-refractivity contribution >= 4 is 22.7 Å². The predicted octanol–water partition coefficient (Wildman–Crippen LogP) is 7.41. The lowest BCUT2D eigenvalue weighted by molar-refractivity contribution is 0.217. The van der Waals surface area contributed by atoms with E-state index in [4.69, 9.17) is 23.7 Å². The van der Waals surface area contributed by atoms with Gasteiger partial charge < -0.3 is 34.3 Å². The summed E-state index contributed by atoms with van der Waals surface area (Å²) in [6.07, 6.45) is 0. The summed E-state index contributed by atoms with van der Waals surface area (Å²) >= 11 is 0. The molecule has 0 heterocycles. The van der Waals surface area contributed by atoms with Crippen LogP contribution >= 0.6 is 0 Å². The zero-order valence-electron chi connectivity index (χ0n) is 22.8. The van der Waals surface area contributed by atoms with Crippen LogP contribution in [0, 0.1) is 19.7 Å². The second-order valence-electron chi connectivity index (χ2n) is 8.76. The molecule has 0 bridgehead atoms. The summed E-state index contributed by atoms with van der Waals surface area (Å²) in [7, 11) is 4.79. The van der Waals surface area contributed by atoms with Crippen LogP contribution in [0.5, 0.6) is 28.7 Å². The Balaban J connectivity index is 1.52. The van der Waals surface area contributed by atoms with E-state index >= 15 is 0 Å². The van der Waals surface area contributed by atoms with E-state index in [1.807, 2.05) is 62.4 Å². The van der Waals surface area contributed by atoms with E-state index < -0.39 is 0 Å². The highest BCUT2D eigenvalue weighted by molar-refractivity contribution is 5.77. The summed E-state index contributed by atoms with van der Waals surface area (Å²) in [4.78, 5) is 0. The molecule has 0 aliphatic rings. The molecule has 0 aromatic heterocycles. The molecule has 39 heavy (non-hydrogen) atoms. The third kappa shape index (κ3) is 6.65. The molecule has 4 aromatic rings.